The van der Waals surface area contributed by atoms with Crippen LogP contribution in [0.1, 0.15) is 23.0 Å². The zero-order chi connectivity index (χ0) is 18.6. The van der Waals surface area contributed by atoms with E-state index in [0.29, 0.717) is 18.7 Å². The zero-order valence-corrected chi connectivity index (χ0v) is 15.3. The Kier molecular flexibility index (Phi) is 4.82. The number of benzene rings is 1. The summed E-state index contributed by atoms with van der Waals surface area (Å²) in [5, 5.41) is 4.48. The number of hydrogen-bond acceptors (Lipinski definition) is 5. The number of amides is 1. The quantitative estimate of drug-likeness (QED) is 0.712. The first-order valence-corrected chi connectivity index (χ1v) is 9.20. The molecule has 7 nitrogen and oxygen atoms in total. The van der Waals surface area contributed by atoms with Crippen molar-refractivity contribution in [2.24, 2.45) is 0 Å². The maximum atomic E-state index is 13.1. The third-order valence-corrected chi connectivity index (χ3v) is 4.88. The highest BCUT2D eigenvalue weighted by atomic mass is 16.2. The van der Waals surface area contributed by atoms with Gasteiger partial charge in [0.15, 0.2) is 0 Å². The molecule has 1 fully saturated rings. The molecule has 1 aliphatic heterocycles. The average molecular weight is 362 g/mol. The van der Waals surface area contributed by atoms with E-state index in [0.717, 1.165) is 36.7 Å². The highest BCUT2D eigenvalue weighted by Crippen LogP contribution is 2.19. The SMILES string of the molecule is CCc1c(C(=O)N2CCN(c3cnccn3)CC2)cnn1-c1ccccc1. The molecule has 0 saturated carbocycles. The highest BCUT2D eigenvalue weighted by molar-refractivity contribution is 5.95. The third-order valence-electron chi connectivity index (χ3n) is 4.88. The molecule has 0 aliphatic carbocycles. The van der Waals surface area contributed by atoms with Crippen LogP contribution in [0.3, 0.4) is 0 Å². The van der Waals surface area contributed by atoms with E-state index in [2.05, 4.69) is 26.9 Å². The fourth-order valence-electron chi connectivity index (χ4n) is 3.45. The number of para-hydroxylation sites is 1. The molecular weight excluding hydrogens is 340 g/mol. The van der Waals surface area contributed by atoms with E-state index in [4.69, 9.17) is 0 Å². The van der Waals surface area contributed by atoms with Gasteiger partial charge in [-0.05, 0) is 18.6 Å². The maximum absolute atomic E-state index is 13.1. The summed E-state index contributed by atoms with van der Waals surface area (Å²) in [5.74, 6) is 0.906. The summed E-state index contributed by atoms with van der Waals surface area (Å²) < 4.78 is 1.86. The Bertz CT molecular complexity index is 901. The molecule has 3 aromatic rings. The summed E-state index contributed by atoms with van der Waals surface area (Å²) in [6.45, 7) is 4.88. The number of rotatable bonds is 4. The van der Waals surface area contributed by atoms with Crippen molar-refractivity contribution in [1.82, 2.24) is 24.6 Å². The summed E-state index contributed by atoms with van der Waals surface area (Å²) in [7, 11) is 0. The number of hydrogen-bond donors (Lipinski definition) is 0. The predicted octanol–water partition coefficient (Wildman–Crippen LogP) is 2.19. The van der Waals surface area contributed by atoms with Gasteiger partial charge in [0.1, 0.15) is 5.82 Å². The summed E-state index contributed by atoms with van der Waals surface area (Å²) in [4.78, 5) is 25.6. The zero-order valence-electron chi connectivity index (χ0n) is 15.3. The van der Waals surface area contributed by atoms with Gasteiger partial charge in [-0.3, -0.25) is 9.78 Å². The van der Waals surface area contributed by atoms with E-state index in [1.54, 1.807) is 24.8 Å². The third kappa shape index (κ3) is 3.40. The molecule has 27 heavy (non-hydrogen) atoms. The number of aromatic nitrogens is 4. The topological polar surface area (TPSA) is 67.2 Å². The van der Waals surface area contributed by atoms with Crippen LogP contribution in [-0.4, -0.2) is 56.7 Å². The van der Waals surface area contributed by atoms with Crippen LogP contribution < -0.4 is 4.90 Å². The molecule has 0 atom stereocenters. The second-order valence-electron chi connectivity index (χ2n) is 6.45. The Labute approximate surface area is 158 Å². The second kappa shape index (κ2) is 7.57. The van der Waals surface area contributed by atoms with Gasteiger partial charge >= 0.3 is 0 Å². The van der Waals surface area contributed by atoms with Crippen LogP contribution in [0.15, 0.2) is 55.1 Å². The van der Waals surface area contributed by atoms with Crippen molar-refractivity contribution in [2.45, 2.75) is 13.3 Å². The van der Waals surface area contributed by atoms with Crippen LogP contribution in [0.4, 0.5) is 5.82 Å². The first-order valence-electron chi connectivity index (χ1n) is 9.20. The first-order chi connectivity index (χ1) is 13.3. The van der Waals surface area contributed by atoms with Crippen LogP contribution in [0.5, 0.6) is 0 Å². The molecule has 1 amide bonds. The van der Waals surface area contributed by atoms with E-state index in [1.807, 2.05) is 39.9 Å². The lowest BCUT2D eigenvalue weighted by molar-refractivity contribution is 0.0745. The smallest absolute Gasteiger partial charge is 0.257 e. The predicted molar refractivity (Wildman–Crippen MR) is 103 cm³/mol. The van der Waals surface area contributed by atoms with Gasteiger partial charge in [0.05, 0.1) is 29.3 Å². The van der Waals surface area contributed by atoms with E-state index in [-0.39, 0.29) is 5.91 Å². The molecular formula is C20H22N6O. The average Bonchev–Trinajstić information content (AvgIpc) is 3.19. The minimum atomic E-state index is 0.0489. The molecule has 1 saturated heterocycles. The van der Waals surface area contributed by atoms with Gasteiger partial charge < -0.3 is 9.80 Å². The Hall–Kier alpha value is -3.22. The number of anilines is 1. The summed E-state index contributed by atoms with van der Waals surface area (Å²) in [5.41, 5.74) is 2.61. The van der Waals surface area contributed by atoms with Crippen molar-refractivity contribution in [2.75, 3.05) is 31.1 Å². The molecule has 0 N–H and O–H groups in total. The van der Waals surface area contributed by atoms with E-state index in [9.17, 15) is 4.79 Å². The van der Waals surface area contributed by atoms with Crippen LogP contribution in [0.25, 0.3) is 5.69 Å². The molecule has 1 aliphatic rings. The lowest BCUT2D eigenvalue weighted by Gasteiger charge is -2.35. The summed E-state index contributed by atoms with van der Waals surface area (Å²) >= 11 is 0. The van der Waals surface area contributed by atoms with Crippen molar-refractivity contribution in [1.29, 1.82) is 0 Å². The Morgan fingerprint density at radius 2 is 1.81 bits per heavy atom. The van der Waals surface area contributed by atoms with Crippen LogP contribution >= 0.6 is 0 Å². The molecule has 0 spiro atoms. The monoisotopic (exact) mass is 362 g/mol. The minimum Gasteiger partial charge on any atom is -0.352 e. The lowest BCUT2D eigenvalue weighted by atomic mass is 10.1. The van der Waals surface area contributed by atoms with Crippen molar-refractivity contribution < 1.29 is 4.79 Å². The van der Waals surface area contributed by atoms with Gasteiger partial charge in [-0.1, -0.05) is 25.1 Å². The number of nitrogens with zero attached hydrogens (tertiary/aromatic N) is 6. The number of carbonyl (C=O) groups excluding carboxylic acids is 1. The lowest BCUT2D eigenvalue weighted by Crippen LogP contribution is -2.49. The molecule has 3 heterocycles. The van der Waals surface area contributed by atoms with E-state index < -0.39 is 0 Å². The van der Waals surface area contributed by atoms with Gasteiger partial charge in [-0.2, -0.15) is 5.10 Å². The van der Waals surface area contributed by atoms with Gasteiger partial charge in [-0.25, -0.2) is 9.67 Å². The normalized spacial score (nSPS) is 14.4. The van der Waals surface area contributed by atoms with Crippen LogP contribution in [0, 0.1) is 0 Å². The Morgan fingerprint density at radius 1 is 1.04 bits per heavy atom. The van der Waals surface area contributed by atoms with Crippen molar-refractivity contribution in [3.63, 3.8) is 0 Å². The molecule has 0 radical (unpaired) electrons. The Balaban J connectivity index is 1.50. The highest BCUT2D eigenvalue weighted by Gasteiger charge is 2.26. The summed E-state index contributed by atoms with van der Waals surface area (Å²) in [6, 6.07) is 9.93. The number of carbonyl (C=O) groups is 1. The molecule has 2 aromatic heterocycles. The molecule has 1 aromatic carbocycles. The van der Waals surface area contributed by atoms with E-state index >= 15 is 0 Å². The van der Waals surface area contributed by atoms with Crippen LogP contribution in [0.2, 0.25) is 0 Å². The minimum absolute atomic E-state index is 0.0489. The molecule has 0 bridgehead atoms. The van der Waals surface area contributed by atoms with Crippen molar-refractivity contribution in [3.05, 3.63) is 66.4 Å². The standard InChI is InChI=1S/C20H22N6O/c1-2-18-17(14-23-26(18)16-6-4-3-5-7-16)20(27)25-12-10-24(11-13-25)19-15-21-8-9-22-19/h3-9,14-15H,2,10-13H2,1H3. The molecule has 4 rings (SSSR count). The van der Waals surface area contributed by atoms with Gasteiger partial charge in [-0.15, -0.1) is 0 Å². The first kappa shape index (κ1) is 17.2. The number of piperazine rings is 1. The second-order valence-corrected chi connectivity index (χ2v) is 6.45. The fourth-order valence-corrected chi connectivity index (χ4v) is 3.45. The maximum Gasteiger partial charge on any atom is 0.257 e. The fraction of sp³-hybridized carbons (Fsp3) is 0.300. The summed E-state index contributed by atoms with van der Waals surface area (Å²) in [6.07, 6.45) is 7.56. The molecule has 0 unspecified atom stereocenters. The Morgan fingerprint density at radius 3 is 2.48 bits per heavy atom. The molecule has 7 heteroatoms. The van der Waals surface area contributed by atoms with Crippen molar-refractivity contribution in [3.8, 4) is 5.69 Å². The van der Waals surface area contributed by atoms with E-state index in [1.165, 1.54) is 0 Å². The van der Waals surface area contributed by atoms with Gasteiger partial charge in [0.2, 0.25) is 0 Å². The molecule has 138 valence electrons. The van der Waals surface area contributed by atoms with Crippen LogP contribution in [-0.2, 0) is 6.42 Å². The van der Waals surface area contributed by atoms with Gasteiger partial charge in [0, 0.05) is 38.6 Å². The van der Waals surface area contributed by atoms with Gasteiger partial charge in [0.25, 0.3) is 5.91 Å². The van der Waals surface area contributed by atoms with Crippen molar-refractivity contribution >= 4 is 11.7 Å². The largest absolute Gasteiger partial charge is 0.352 e.